The molecule has 2 aromatic carbocycles. The molecule has 0 radical (unpaired) electrons. The van der Waals surface area contributed by atoms with Gasteiger partial charge in [-0.3, -0.25) is 15.1 Å². The van der Waals surface area contributed by atoms with E-state index >= 15 is 0 Å². The number of unbranched alkanes of at least 4 members (excludes halogenated alkanes) is 2. The molecule has 0 saturated carbocycles. The van der Waals surface area contributed by atoms with Gasteiger partial charge in [-0.15, -0.1) is 5.10 Å². The molecule has 2 aliphatic rings. The molecule has 0 saturated heterocycles. The van der Waals surface area contributed by atoms with Gasteiger partial charge in [0.05, 0.1) is 12.0 Å². The standard InChI is InChI=1S/C24H28N4O2S/c1-3-5-15-30-20-14-10-8-12-18(20)22-25-19-13-9-7-11-17(19)21-23(29)26-24(27-28(21)22)31-16-6-4-2/h7-14,22H,3-6,15-16H2,1-2H3,(H,26,27,29)/t22-/m0/s1. The molecule has 7 heteroatoms. The number of rotatable bonds is 8. The van der Waals surface area contributed by atoms with Crippen LogP contribution < -0.4 is 20.6 Å². The summed E-state index contributed by atoms with van der Waals surface area (Å²) in [5, 5.41) is 11.7. The molecule has 2 heterocycles. The number of hydrazone groups is 1. The van der Waals surface area contributed by atoms with E-state index in [-0.39, 0.29) is 5.91 Å². The molecular formula is C24H28N4O2S. The molecule has 6 nitrogen and oxygen atoms in total. The average Bonchev–Trinajstić information content (AvgIpc) is 2.79. The van der Waals surface area contributed by atoms with Crippen LogP contribution in [0.5, 0.6) is 5.75 Å². The number of fused-ring (bicyclic) bond motifs is 2. The number of thioether (sulfide) groups is 1. The Morgan fingerprint density at radius 2 is 1.84 bits per heavy atom. The van der Waals surface area contributed by atoms with E-state index in [1.165, 1.54) is 0 Å². The van der Waals surface area contributed by atoms with Crippen LogP contribution >= 0.6 is 11.8 Å². The minimum atomic E-state index is -0.462. The van der Waals surface area contributed by atoms with E-state index in [4.69, 9.17) is 14.8 Å². The van der Waals surface area contributed by atoms with Crippen molar-refractivity contribution in [3.8, 4) is 5.75 Å². The van der Waals surface area contributed by atoms with E-state index in [9.17, 15) is 4.79 Å². The van der Waals surface area contributed by atoms with Gasteiger partial charge in [0, 0.05) is 16.5 Å². The monoisotopic (exact) mass is 436 g/mol. The fourth-order valence-electron chi connectivity index (χ4n) is 3.56. The van der Waals surface area contributed by atoms with Gasteiger partial charge in [-0.2, -0.15) is 0 Å². The van der Waals surface area contributed by atoms with Gasteiger partial charge in [0.2, 0.25) is 0 Å². The van der Waals surface area contributed by atoms with E-state index in [0.717, 1.165) is 53.3 Å². The number of hydrogen-bond donors (Lipinski definition) is 1. The van der Waals surface area contributed by atoms with E-state index < -0.39 is 6.17 Å². The number of carbonyl (C=O) groups excluding carboxylic acids is 1. The summed E-state index contributed by atoms with van der Waals surface area (Å²) in [5.74, 6) is 1.55. The van der Waals surface area contributed by atoms with Gasteiger partial charge in [0.1, 0.15) is 11.4 Å². The molecule has 0 fully saturated rings. The molecule has 31 heavy (non-hydrogen) atoms. The number of ether oxygens (including phenoxy) is 1. The van der Waals surface area contributed by atoms with Crippen LogP contribution in [0.15, 0.2) is 58.6 Å². The first kappa shape index (κ1) is 21.4. The smallest absolute Gasteiger partial charge is 0.276 e. The Labute approximate surface area is 187 Å². The third kappa shape index (κ3) is 4.61. The summed E-state index contributed by atoms with van der Waals surface area (Å²) < 4.78 is 6.08. The van der Waals surface area contributed by atoms with Crippen molar-refractivity contribution >= 4 is 28.5 Å². The normalized spacial score (nSPS) is 17.3. The lowest BCUT2D eigenvalue weighted by Crippen LogP contribution is -2.50. The topological polar surface area (TPSA) is 66.3 Å². The van der Waals surface area contributed by atoms with Gasteiger partial charge in [-0.25, -0.2) is 5.01 Å². The Morgan fingerprint density at radius 3 is 2.68 bits per heavy atom. The summed E-state index contributed by atoms with van der Waals surface area (Å²) in [6.45, 7) is 4.94. The van der Waals surface area contributed by atoms with E-state index in [1.54, 1.807) is 16.8 Å². The Balaban J connectivity index is 1.79. The number of para-hydroxylation sites is 2. The lowest BCUT2D eigenvalue weighted by atomic mass is 10.1. The fourth-order valence-corrected chi connectivity index (χ4v) is 4.50. The van der Waals surface area contributed by atoms with Crippen molar-refractivity contribution < 1.29 is 9.53 Å². The first-order chi connectivity index (χ1) is 15.2. The van der Waals surface area contributed by atoms with Gasteiger partial charge >= 0.3 is 0 Å². The zero-order valence-corrected chi connectivity index (χ0v) is 18.8. The third-order valence-electron chi connectivity index (χ3n) is 5.20. The van der Waals surface area contributed by atoms with Crippen LogP contribution in [0.2, 0.25) is 0 Å². The zero-order valence-electron chi connectivity index (χ0n) is 18.0. The predicted molar refractivity (Wildman–Crippen MR) is 125 cm³/mol. The van der Waals surface area contributed by atoms with Crippen molar-refractivity contribution in [3.63, 3.8) is 0 Å². The van der Waals surface area contributed by atoms with Gasteiger partial charge in [-0.05, 0) is 25.0 Å². The quantitative estimate of drug-likeness (QED) is 0.643. The highest BCUT2D eigenvalue weighted by atomic mass is 32.2. The van der Waals surface area contributed by atoms with Crippen molar-refractivity contribution in [2.45, 2.75) is 45.7 Å². The van der Waals surface area contributed by atoms with Crippen LogP contribution in [0.3, 0.4) is 0 Å². The number of nitrogens with zero attached hydrogens (tertiary/aromatic N) is 3. The maximum atomic E-state index is 13.2. The molecule has 162 valence electrons. The summed E-state index contributed by atoms with van der Waals surface area (Å²) in [6, 6.07) is 15.6. The van der Waals surface area contributed by atoms with Crippen LogP contribution in [0.25, 0.3) is 5.70 Å². The molecule has 1 N–H and O–H groups in total. The van der Waals surface area contributed by atoms with Crippen molar-refractivity contribution in [2.75, 3.05) is 12.4 Å². The number of amides is 1. The number of hydrogen-bond acceptors (Lipinski definition) is 6. The van der Waals surface area contributed by atoms with Gasteiger partial charge in [0.15, 0.2) is 11.3 Å². The van der Waals surface area contributed by atoms with Crippen LogP contribution in [0.1, 0.15) is 51.3 Å². The highest BCUT2D eigenvalue weighted by Gasteiger charge is 2.35. The summed E-state index contributed by atoms with van der Waals surface area (Å²) in [5.41, 5.74) is 1.43. The minimum absolute atomic E-state index is 0.147. The Hall–Kier alpha value is -2.80. The molecule has 2 aliphatic heterocycles. The molecular weight excluding hydrogens is 408 g/mol. The van der Waals surface area contributed by atoms with Gasteiger partial charge in [0.25, 0.3) is 5.91 Å². The second kappa shape index (κ2) is 10.0. The molecule has 0 spiro atoms. The van der Waals surface area contributed by atoms with Crippen molar-refractivity contribution in [2.24, 2.45) is 10.1 Å². The first-order valence-electron chi connectivity index (χ1n) is 10.9. The highest BCUT2D eigenvalue weighted by Crippen LogP contribution is 2.35. The van der Waals surface area contributed by atoms with Crippen LogP contribution in [0.4, 0.5) is 0 Å². The summed E-state index contributed by atoms with van der Waals surface area (Å²) in [4.78, 5) is 18.1. The molecule has 4 rings (SSSR count). The SMILES string of the molecule is CCCCOc1ccccc1[C@H]1N=c2ccccc2=C2C(=O)NC(SCCCC)=NN21. The molecule has 0 unspecified atom stereocenters. The highest BCUT2D eigenvalue weighted by molar-refractivity contribution is 8.13. The van der Waals surface area contributed by atoms with E-state index in [2.05, 4.69) is 19.2 Å². The molecule has 0 aromatic heterocycles. The van der Waals surface area contributed by atoms with Crippen molar-refractivity contribution in [3.05, 3.63) is 64.7 Å². The van der Waals surface area contributed by atoms with E-state index in [1.807, 2.05) is 48.5 Å². The first-order valence-corrected chi connectivity index (χ1v) is 11.9. The van der Waals surface area contributed by atoms with Crippen LogP contribution in [-0.2, 0) is 4.79 Å². The second-order valence-electron chi connectivity index (χ2n) is 7.51. The Kier molecular flexibility index (Phi) is 6.92. The maximum absolute atomic E-state index is 13.2. The maximum Gasteiger partial charge on any atom is 0.276 e. The van der Waals surface area contributed by atoms with E-state index in [0.29, 0.717) is 17.5 Å². The average molecular weight is 437 g/mol. The number of benzene rings is 2. The summed E-state index contributed by atoms with van der Waals surface area (Å²) in [7, 11) is 0. The summed E-state index contributed by atoms with van der Waals surface area (Å²) in [6.07, 6.45) is 3.76. The van der Waals surface area contributed by atoms with Crippen LogP contribution in [0, 0.1) is 0 Å². The lowest BCUT2D eigenvalue weighted by molar-refractivity contribution is -0.116. The van der Waals surface area contributed by atoms with Gasteiger partial charge < -0.3 is 4.74 Å². The molecule has 2 aromatic rings. The van der Waals surface area contributed by atoms with Crippen molar-refractivity contribution in [1.29, 1.82) is 0 Å². The second-order valence-corrected chi connectivity index (χ2v) is 8.60. The van der Waals surface area contributed by atoms with Crippen LogP contribution in [-0.4, -0.2) is 28.4 Å². The largest absolute Gasteiger partial charge is 0.493 e. The number of amidine groups is 1. The molecule has 1 atom stereocenters. The summed E-state index contributed by atoms with van der Waals surface area (Å²) >= 11 is 1.57. The number of carbonyl (C=O) groups is 1. The zero-order chi connectivity index (χ0) is 21.6. The predicted octanol–water partition coefficient (Wildman–Crippen LogP) is 3.54. The Bertz CT molecular complexity index is 1100. The van der Waals surface area contributed by atoms with Gasteiger partial charge in [-0.1, -0.05) is 74.8 Å². The minimum Gasteiger partial charge on any atom is -0.493 e. The fraction of sp³-hybridized carbons (Fsp3) is 0.375. The molecule has 0 bridgehead atoms. The lowest BCUT2D eigenvalue weighted by Gasteiger charge is -2.34. The third-order valence-corrected chi connectivity index (χ3v) is 6.15. The molecule has 1 amide bonds. The Morgan fingerprint density at radius 1 is 1.06 bits per heavy atom. The molecule has 0 aliphatic carbocycles. The number of nitrogens with one attached hydrogen (secondary N) is 1. The van der Waals surface area contributed by atoms with Crippen molar-refractivity contribution in [1.82, 2.24) is 10.3 Å².